The number of esters is 1. The normalized spacial score (nSPS) is 11.6. The molecule has 0 unspecified atom stereocenters. The number of carbonyl (C=O) groups excluding carboxylic acids is 1. The highest BCUT2D eigenvalue weighted by Crippen LogP contribution is 2.33. The zero-order chi connectivity index (χ0) is 23.9. The highest BCUT2D eigenvalue weighted by molar-refractivity contribution is 5.93. The van der Waals surface area contributed by atoms with Gasteiger partial charge in [-0.3, -0.25) is 0 Å². The van der Waals surface area contributed by atoms with Crippen molar-refractivity contribution in [3.05, 3.63) is 58.4 Å². The molecule has 0 spiro atoms. The summed E-state index contributed by atoms with van der Waals surface area (Å²) >= 11 is 0. The molecule has 32 heavy (non-hydrogen) atoms. The average molecular weight is 454 g/mol. The molecule has 2 aromatic rings. The molecule has 9 heteroatoms. The molecule has 0 radical (unpaired) electrons. The number of aryl methyl sites for hydroxylation is 1. The Labute approximate surface area is 184 Å². The minimum absolute atomic E-state index is 0.0890. The Bertz CT molecular complexity index is 974. The van der Waals surface area contributed by atoms with E-state index >= 15 is 0 Å². The predicted molar refractivity (Wildman–Crippen MR) is 114 cm³/mol. The lowest BCUT2D eigenvalue weighted by Gasteiger charge is -2.15. The first kappa shape index (κ1) is 25.2. The molecular formula is C23H26F4N2O3. The maximum Gasteiger partial charge on any atom is 0.419 e. The molecule has 174 valence electrons. The van der Waals surface area contributed by atoms with Crippen LogP contribution in [0.5, 0.6) is 5.75 Å². The summed E-state index contributed by atoms with van der Waals surface area (Å²) in [6, 6.07) is 5.98. The third-order valence-corrected chi connectivity index (χ3v) is 4.62. The topological polar surface area (TPSA) is 51.1 Å². The Morgan fingerprint density at radius 2 is 1.94 bits per heavy atom. The lowest BCUT2D eigenvalue weighted by Crippen LogP contribution is -2.14. The van der Waals surface area contributed by atoms with Crippen LogP contribution in [0.3, 0.4) is 0 Å². The van der Waals surface area contributed by atoms with Crippen LogP contribution in [0.1, 0.15) is 47.3 Å². The molecule has 0 aliphatic rings. The third-order valence-electron chi connectivity index (χ3n) is 4.62. The van der Waals surface area contributed by atoms with E-state index in [0.29, 0.717) is 30.3 Å². The lowest BCUT2D eigenvalue weighted by atomic mass is 10.1. The third kappa shape index (κ3) is 6.45. The van der Waals surface area contributed by atoms with E-state index in [-0.39, 0.29) is 16.9 Å². The van der Waals surface area contributed by atoms with E-state index < -0.39 is 30.1 Å². The van der Waals surface area contributed by atoms with Gasteiger partial charge in [-0.05, 0) is 38.0 Å². The van der Waals surface area contributed by atoms with Crippen molar-refractivity contribution in [2.75, 3.05) is 20.2 Å². The standard InChI is InChI=1S/C23H26F4N2O3/c1-5-10-31-20-12-19(28-14-29(4)6-2)15(3)11-17(20)22(30)32-13-16-8-7-9-18(21(16)24)23(25,26)27/h7-9,11-12,14H,5-6,10,13H2,1-4H3/b28-14+. The van der Waals surface area contributed by atoms with E-state index in [2.05, 4.69) is 4.99 Å². The molecule has 0 saturated heterocycles. The molecule has 0 heterocycles. The molecule has 5 nitrogen and oxygen atoms in total. The van der Waals surface area contributed by atoms with Crippen LogP contribution in [0.2, 0.25) is 0 Å². The van der Waals surface area contributed by atoms with Crippen molar-refractivity contribution in [2.24, 2.45) is 4.99 Å². The molecule has 0 aromatic heterocycles. The molecule has 0 aliphatic heterocycles. The van der Waals surface area contributed by atoms with Gasteiger partial charge in [0, 0.05) is 25.2 Å². The van der Waals surface area contributed by atoms with Gasteiger partial charge in [-0.15, -0.1) is 0 Å². The monoisotopic (exact) mass is 454 g/mol. The number of ether oxygens (including phenoxy) is 2. The van der Waals surface area contributed by atoms with Gasteiger partial charge in [-0.1, -0.05) is 19.1 Å². The van der Waals surface area contributed by atoms with Crippen LogP contribution in [-0.4, -0.2) is 37.4 Å². The summed E-state index contributed by atoms with van der Waals surface area (Å²) in [6.45, 7) is 6.08. The zero-order valence-electron chi connectivity index (χ0n) is 18.4. The van der Waals surface area contributed by atoms with Crippen LogP contribution in [0.25, 0.3) is 0 Å². The summed E-state index contributed by atoms with van der Waals surface area (Å²) in [5, 5.41) is 0. The van der Waals surface area contributed by atoms with Crippen LogP contribution in [0.4, 0.5) is 23.2 Å². The highest BCUT2D eigenvalue weighted by Gasteiger charge is 2.35. The Balaban J connectivity index is 2.29. The van der Waals surface area contributed by atoms with E-state index in [1.165, 1.54) is 6.07 Å². The fourth-order valence-corrected chi connectivity index (χ4v) is 2.68. The first-order valence-corrected chi connectivity index (χ1v) is 10.1. The minimum Gasteiger partial charge on any atom is -0.493 e. The Morgan fingerprint density at radius 3 is 2.56 bits per heavy atom. The van der Waals surface area contributed by atoms with Gasteiger partial charge in [0.25, 0.3) is 0 Å². The van der Waals surface area contributed by atoms with Gasteiger partial charge in [0.1, 0.15) is 23.7 Å². The molecule has 0 N–H and O–H groups in total. The van der Waals surface area contributed by atoms with E-state index in [4.69, 9.17) is 9.47 Å². The number of rotatable bonds is 9. The molecule has 2 aromatic carbocycles. The Kier molecular flexibility index (Phi) is 8.63. The van der Waals surface area contributed by atoms with Gasteiger partial charge in [0.2, 0.25) is 0 Å². The number of halogens is 4. The van der Waals surface area contributed by atoms with Crippen molar-refractivity contribution < 1.29 is 31.8 Å². The number of alkyl halides is 3. The largest absolute Gasteiger partial charge is 0.493 e. The summed E-state index contributed by atoms with van der Waals surface area (Å²) in [5.74, 6) is -2.06. The Hall–Kier alpha value is -3.10. The van der Waals surface area contributed by atoms with Crippen LogP contribution in [0.15, 0.2) is 35.3 Å². The number of benzene rings is 2. The Morgan fingerprint density at radius 1 is 1.22 bits per heavy atom. The molecule has 0 saturated carbocycles. The number of hydrogen-bond donors (Lipinski definition) is 0. The number of hydrogen-bond acceptors (Lipinski definition) is 4. The first-order valence-electron chi connectivity index (χ1n) is 10.1. The maximum atomic E-state index is 14.2. The van der Waals surface area contributed by atoms with Crippen LogP contribution < -0.4 is 4.74 Å². The molecule has 0 amide bonds. The summed E-state index contributed by atoms with van der Waals surface area (Å²) in [7, 11) is 1.87. The average Bonchev–Trinajstić information content (AvgIpc) is 2.75. The van der Waals surface area contributed by atoms with E-state index in [1.54, 1.807) is 19.3 Å². The summed E-state index contributed by atoms with van der Waals surface area (Å²) in [6.07, 6.45) is -2.50. The zero-order valence-corrected chi connectivity index (χ0v) is 18.4. The molecule has 0 fully saturated rings. The van der Waals surface area contributed by atoms with Crippen molar-refractivity contribution in [1.82, 2.24) is 4.90 Å². The van der Waals surface area contributed by atoms with Crippen LogP contribution in [-0.2, 0) is 17.5 Å². The summed E-state index contributed by atoms with van der Waals surface area (Å²) < 4.78 is 63.7. The minimum atomic E-state index is -4.84. The van der Waals surface area contributed by atoms with Crippen molar-refractivity contribution in [3.8, 4) is 5.75 Å². The number of nitrogens with zero attached hydrogens (tertiary/aromatic N) is 2. The van der Waals surface area contributed by atoms with Crippen molar-refractivity contribution in [2.45, 2.75) is 40.0 Å². The maximum absolute atomic E-state index is 14.2. The summed E-state index contributed by atoms with van der Waals surface area (Å²) in [5.41, 5.74) is -0.423. The SMILES string of the molecule is CCCOc1cc(/N=C/N(C)CC)c(C)cc1C(=O)OCc1cccc(C(F)(F)F)c1F. The molecule has 2 rings (SSSR count). The van der Waals surface area contributed by atoms with Gasteiger partial charge in [0.05, 0.1) is 24.2 Å². The van der Waals surface area contributed by atoms with E-state index in [1.807, 2.05) is 25.8 Å². The van der Waals surface area contributed by atoms with Gasteiger partial charge in [0.15, 0.2) is 0 Å². The number of carbonyl (C=O) groups is 1. The fourth-order valence-electron chi connectivity index (χ4n) is 2.68. The fraction of sp³-hybridized carbons (Fsp3) is 0.391. The van der Waals surface area contributed by atoms with E-state index in [0.717, 1.165) is 18.7 Å². The molecule has 0 bridgehead atoms. The van der Waals surface area contributed by atoms with Crippen molar-refractivity contribution in [3.63, 3.8) is 0 Å². The second kappa shape index (κ2) is 11.0. The van der Waals surface area contributed by atoms with Crippen LogP contribution in [0, 0.1) is 12.7 Å². The second-order valence-corrected chi connectivity index (χ2v) is 7.15. The van der Waals surface area contributed by atoms with E-state index in [9.17, 15) is 22.4 Å². The smallest absolute Gasteiger partial charge is 0.419 e. The summed E-state index contributed by atoms with van der Waals surface area (Å²) in [4.78, 5) is 18.9. The molecular weight excluding hydrogens is 428 g/mol. The molecule has 0 aliphatic carbocycles. The van der Waals surface area contributed by atoms with Crippen molar-refractivity contribution in [1.29, 1.82) is 0 Å². The second-order valence-electron chi connectivity index (χ2n) is 7.15. The van der Waals surface area contributed by atoms with Gasteiger partial charge >= 0.3 is 12.1 Å². The van der Waals surface area contributed by atoms with Crippen molar-refractivity contribution >= 4 is 18.0 Å². The first-order chi connectivity index (χ1) is 15.1. The lowest BCUT2D eigenvalue weighted by molar-refractivity contribution is -0.140. The quantitative estimate of drug-likeness (QED) is 0.205. The highest BCUT2D eigenvalue weighted by atomic mass is 19.4. The van der Waals surface area contributed by atoms with Gasteiger partial charge in [-0.25, -0.2) is 14.2 Å². The molecule has 0 atom stereocenters. The predicted octanol–water partition coefficient (Wildman–Crippen LogP) is 5.91. The van der Waals surface area contributed by atoms with Gasteiger partial charge in [-0.2, -0.15) is 13.2 Å². The van der Waals surface area contributed by atoms with Gasteiger partial charge < -0.3 is 14.4 Å². The van der Waals surface area contributed by atoms with Crippen LogP contribution >= 0.6 is 0 Å². The number of aliphatic imine (C=N–C) groups is 1.